The van der Waals surface area contributed by atoms with Crippen molar-refractivity contribution in [2.24, 2.45) is 0 Å². The predicted molar refractivity (Wildman–Crippen MR) is 92.6 cm³/mol. The molecule has 25 heavy (non-hydrogen) atoms. The molecule has 0 spiro atoms. The molecule has 6 heteroatoms. The van der Waals surface area contributed by atoms with Crippen LogP contribution in [0.25, 0.3) is 11.3 Å². The molecule has 1 unspecified atom stereocenters. The number of hydrogen-bond donors (Lipinski definition) is 0. The molecule has 5 nitrogen and oxygen atoms in total. The third kappa shape index (κ3) is 2.33. The Morgan fingerprint density at radius 1 is 1.16 bits per heavy atom. The summed E-state index contributed by atoms with van der Waals surface area (Å²) in [6, 6.07) is 12.0. The summed E-state index contributed by atoms with van der Waals surface area (Å²) in [6.07, 6.45) is 3.83. The normalized spacial score (nSPS) is 19.3. The van der Waals surface area contributed by atoms with E-state index in [0.717, 1.165) is 5.69 Å². The average molecular weight is 336 g/mol. The minimum atomic E-state index is -0.864. The number of anilines is 1. The standard InChI is InChI=1S/C19H17FN4O/c1-19(11-15-8-3-4-9-21-15)17(25)23(2)18-22-12-16(24(18)19)13-6-5-7-14(20)10-13/h3-10,12H,11H2,1-2H3. The number of benzene rings is 1. The number of fused-ring (bicyclic) bond motifs is 1. The van der Waals surface area contributed by atoms with Crippen LogP contribution < -0.4 is 4.90 Å². The molecular formula is C19H17FN4O. The fraction of sp³-hybridized carbons (Fsp3) is 0.211. The first-order chi connectivity index (χ1) is 12.0. The van der Waals surface area contributed by atoms with E-state index in [4.69, 9.17) is 0 Å². The Hall–Kier alpha value is -3.02. The van der Waals surface area contributed by atoms with Crippen LogP contribution >= 0.6 is 0 Å². The molecular weight excluding hydrogens is 319 g/mol. The second-order valence-electron chi connectivity index (χ2n) is 6.43. The van der Waals surface area contributed by atoms with Crippen molar-refractivity contribution < 1.29 is 9.18 Å². The molecule has 1 amide bonds. The van der Waals surface area contributed by atoms with Crippen LogP contribution in [0.3, 0.4) is 0 Å². The molecule has 0 radical (unpaired) electrons. The summed E-state index contributed by atoms with van der Waals surface area (Å²) in [5.41, 5.74) is 1.36. The van der Waals surface area contributed by atoms with Crippen molar-refractivity contribution in [2.45, 2.75) is 18.9 Å². The Balaban J connectivity index is 1.87. The number of aromatic nitrogens is 3. The predicted octanol–water partition coefficient (Wildman–Crippen LogP) is 3.02. The lowest BCUT2D eigenvalue weighted by molar-refractivity contribution is -0.124. The number of likely N-dealkylation sites (N-methyl/N-ethyl adjacent to an activating group) is 1. The lowest BCUT2D eigenvalue weighted by Gasteiger charge is -2.26. The van der Waals surface area contributed by atoms with E-state index in [1.165, 1.54) is 12.1 Å². The van der Waals surface area contributed by atoms with Gasteiger partial charge in [-0.15, -0.1) is 0 Å². The Kier molecular flexibility index (Phi) is 3.42. The van der Waals surface area contributed by atoms with Gasteiger partial charge in [0.15, 0.2) is 0 Å². The zero-order chi connectivity index (χ0) is 17.6. The van der Waals surface area contributed by atoms with Crippen LogP contribution in [0.15, 0.2) is 54.9 Å². The first kappa shape index (κ1) is 15.5. The molecule has 0 fully saturated rings. The summed E-state index contributed by atoms with van der Waals surface area (Å²) in [5, 5.41) is 0. The molecule has 1 aromatic carbocycles. The van der Waals surface area contributed by atoms with Gasteiger partial charge in [-0.2, -0.15) is 0 Å². The first-order valence-corrected chi connectivity index (χ1v) is 8.03. The van der Waals surface area contributed by atoms with Crippen molar-refractivity contribution in [3.05, 3.63) is 66.4 Å². The van der Waals surface area contributed by atoms with Crippen LogP contribution in [0.2, 0.25) is 0 Å². The van der Waals surface area contributed by atoms with E-state index >= 15 is 0 Å². The van der Waals surface area contributed by atoms with Gasteiger partial charge in [-0.3, -0.25) is 19.2 Å². The molecule has 0 bridgehead atoms. The number of carbonyl (C=O) groups excluding carboxylic acids is 1. The van der Waals surface area contributed by atoms with Crippen molar-refractivity contribution in [1.29, 1.82) is 0 Å². The Morgan fingerprint density at radius 2 is 2.00 bits per heavy atom. The molecule has 3 aromatic rings. The van der Waals surface area contributed by atoms with Gasteiger partial charge in [0.05, 0.1) is 11.9 Å². The number of amides is 1. The molecule has 2 aromatic heterocycles. The van der Waals surface area contributed by atoms with Crippen molar-refractivity contribution >= 4 is 11.9 Å². The number of imidazole rings is 1. The SMILES string of the molecule is CN1C(=O)C(C)(Cc2ccccn2)n2c(-c3cccc(F)c3)cnc21. The number of rotatable bonds is 3. The summed E-state index contributed by atoms with van der Waals surface area (Å²) in [6.45, 7) is 1.88. The number of halogens is 1. The van der Waals surface area contributed by atoms with Gasteiger partial charge >= 0.3 is 0 Å². The minimum absolute atomic E-state index is 0.0566. The van der Waals surface area contributed by atoms with Crippen LogP contribution in [-0.2, 0) is 16.8 Å². The maximum Gasteiger partial charge on any atom is 0.255 e. The number of hydrogen-bond acceptors (Lipinski definition) is 3. The fourth-order valence-electron chi connectivity index (χ4n) is 3.47. The maximum absolute atomic E-state index is 13.7. The van der Waals surface area contributed by atoms with Crippen molar-refractivity contribution in [3.63, 3.8) is 0 Å². The largest absolute Gasteiger partial charge is 0.294 e. The zero-order valence-electron chi connectivity index (χ0n) is 14.0. The van der Waals surface area contributed by atoms with Crippen LogP contribution in [0.5, 0.6) is 0 Å². The molecule has 3 heterocycles. The van der Waals surface area contributed by atoms with E-state index in [-0.39, 0.29) is 11.7 Å². The summed E-state index contributed by atoms with van der Waals surface area (Å²) in [5.74, 6) is 0.179. The highest BCUT2D eigenvalue weighted by Crippen LogP contribution is 2.40. The van der Waals surface area contributed by atoms with E-state index in [9.17, 15) is 9.18 Å². The van der Waals surface area contributed by atoms with Gasteiger partial charge in [-0.1, -0.05) is 18.2 Å². The van der Waals surface area contributed by atoms with Crippen molar-refractivity contribution in [2.75, 3.05) is 11.9 Å². The lowest BCUT2D eigenvalue weighted by atomic mass is 9.93. The van der Waals surface area contributed by atoms with Crippen molar-refractivity contribution in [1.82, 2.24) is 14.5 Å². The lowest BCUT2D eigenvalue weighted by Crippen LogP contribution is -2.41. The van der Waals surface area contributed by atoms with Crippen LogP contribution in [-0.4, -0.2) is 27.5 Å². The Labute approximate surface area is 144 Å². The molecule has 1 atom stereocenters. The molecule has 0 N–H and O–H groups in total. The van der Waals surface area contributed by atoms with E-state index in [1.807, 2.05) is 35.8 Å². The highest BCUT2D eigenvalue weighted by atomic mass is 19.1. The summed E-state index contributed by atoms with van der Waals surface area (Å²) >= 11 is 0. The second kappa shape index (κ2) is 5.51. The average Bonchev–Trinajstić information content (AvgIpc) is 3.13. The monoisotopic (exact) mass is 336 g/mol. The Bertz CT molecular complexity index is 953. The van der Waals surface area contributed by atoms with Gasteiger partial charge in [0, 0.05) is 30.9 Å². The van der Waals surface area contributed by atoms with Gasteiger partial charge in [-0.05, 0) is 31.2 Å². The summed E-state index contributed by atoms with van der Waals surface area (Å²) < 4.78 is 15.6. The van der Waals surface area contributed by atoms with Gasteiger partial charge in [-0.25, -0.2) is 9.37 Å². The van der Waals surface area contributed by atoms with Gasteiger partial charge in [0.1, 0.15) is 11.4 Å². The second-order valence-corrected chi connectivity index (χ2v) is 6.43. The minimum Gasteiger partial charge on any atom is -0.294 e. The summed E-state index contributed by atoms with van der Waals surface area (Å²) in [4.78, 5) is 23.3. The Morgan fingerprint density at radius 3 is 2.72 bits per heavy atom. The fourth-order valence-corrected chi connectivity index (χ4v) is 3.47. The molecule has 126 valence electrons. The van der Waals surface area contributed by atoms with E-state index in [0.29, 0.717) is 23.6 Å². The van der Waals surface area contributed by atoms with Crippen LogP contribution in [0.4, 0.5) is 10.3 Å². The topological polar surface area (TPSA) is 51.0 Å². The number of pyridine rings is 1. The highest BCUT2D eigenvalue weighted by Gasteiger charge is 2.48. The van der Waals surface area contributed by atoms with Crippen molar-refractivity contribution in [3.8, 4) is 11.3 Å². The third-order valence-corrected chi connectivity index (χ3v) is 4.67. The molecule has 4 rings (SSSR count). The molecule has 0 saturated heterocycles. The summed E-state index contributed by atoms with van der Waals surface area (Å²) in [7, 11) is 1.71. The highest BCUT2D eigenvalue weighted by molar-refractivity contribution is 6.02. The van der Waals surface area contributed by atoms with E-state index in [2.05, 4.69) is 9.97 Å². The maximum atomic E-state index is 13.7. The van der Waals surface area contributed by atoms with E-state index in [1.54, 1.807) is 30.4 Å². The number of carbonyl (C=O) groups is 1. The smallest absolute Gasteiger partial charge is 0.255 e. The quantitative estimate of drug-likeness (QED) is 0.739. The van der Waals surface area contributed by atoms with Crippen LogP contribution in [0, 0.1) is 5.82 Å². The molecule has 0 saturated carbocycles. The van der Waals surface area contributed by atoms with E-state index < -0.39 is 5.54 Å². The van der Waals surface area contributed by atoms with Gasteiger partial charge < -0.3 is 0 Å². The molecule has 1 aliphatic heterocycles. The molecule has 1 aliphatic rings. The van der Waals surface area contributed by atoms with Gasteiger partial charge in [0.25, 0.3) is 5.91 Å². The van der Waals surface area contributed by atoms with Crippen LogP contribution in [0.1, 0.15) is 12.6 Å². The zero-order valence-corrected chi connectivity index (χ0v) is 14.0. The number of nitrogens with zero attached hydrogens (tertiary/aromatic N) is 4. The van der Waals surface area contributed by atoms with Gasteiger partial charge in [0.2, 0.25) is 5.95 Å². The first-order valence-electron chi connectivity index (χ1n) is 8.03. The third-order valence-electron chi connectivity index (χ3n) is 4.67. The molecule has 0 aliphatic carbocycles.